The molecule has 1 aliphatic carbocycles. The van der Waals surface area contributed by atoms with E-state index in [4.69, 9.17) is 5.73 Å². The van der Waals surface area contributed by atoms with E-state index in [0.717, 1.165) is 24.2 Å². The van der Waals surface area contributed by atoms with E-state index < -0.39 is 0 Å². The fourth-order valence-corrected chi connectivity index (χ4v) is 3.90. The Kier molecular flexibility index (Phi) is 3.82. The molecule has 21 heavy (non-hydrogen) atoms. The van der Waals surface area contributed by atoms with Crippen molar-refractivity contribution < 1.29 is 4.79 Å². The molecule has 1 amide bonds. The molecule has 2 fully saturated rings. The fourth-order valence-electron chi connectivity index (χ4n) is 3.90. The first-order valence-electron chi connectivity index (χ1n) is 8.24. The van der Waals surface area contributed by atoms with Crippen LogP contribution in [0, 0.1) is 19.8 Å². The highest BCUT2D eigenvalue weighted by molar-refractivity contribution is 5.96. The van der Waals surface area contributed by atoms with Crippen LogP contribution in [0.5, 0.6) is 0 Å². The Morgan fingerprint density at radius 3 is 2.67 bits per heavy atom. The van der Waals surface area contributed by atoms with Gasteiger partial charge in [-0.05, 0) is 51.5 Å². The van der Waals surface area contributed by atoms with Gasteiger partial charge in [0.1, 0.15) is 0 Å². The number of piperidine rings is 1. The van der Waals surface area contributed by atoms with Gasteiger partial charge in [-0.15, -0.1) is 0 Å². The zero-order chi connectivity index (χ0) is 15.1. The van der Waals surface area contributed by atoms with Gasteiger partial charge in [0.2, 0.25) is 0 Å². The molecule has 0 radical (unpaired) electrons. The van der Waals surface area contributed by atoms with E-state index in [2.05, 4.69) is 31.4 Å². The molecule has 1 aliphatic heterocycles. The lowest BCUT2D eigenvalue weighted by Crippen LogP contribution is -2.51. The maximum atomic E-state index is 13.0. The van der Waals surface area contributed by atoms with Gasteiger partial charge in [0, 0.05) is 36.6 Å². The van der Waals surface area contributed by atoms with Crippen LogP contribution in [0.1, 0.15) is 60.4 Å². The second-order valence-electron chi connectivity index (χ2n) is 6.81. The van der Waals surface area contributed by atoms with Crippen LogP contribution in [-0.2, 0) is 0 Å². The number of nitrogens with zero attached hydrogens (tertiary/aromatic N) is 2. The van der Waals surface area contributed by atoms with Crippen molar-refractivity contribution in [2.75, 3.05) is 13.1 Å². The summed E-state index contributed by atoms with van der Waals surface area (Å²) in [5, 5.41) is 0. The zero-order valence-corrected chi connectivity index (χ0v) is 13.4. The highest BCUT2D eigenvalue weighted by Gasteiger charge is 2.34. The van der Waals surface area contributed by atoms with E-state index >= 15 is 0 Å². The molecule has 1 saturated carbocycles. The SMILES string of the molecule is Cc1cc(C(=O)N2CCCC(C)C2CN)c(C)n1C1CC1. The highest BCUT2D eigenvalue weighted by Crippen LogP contribution is 2.38. The number of carbonyl (C=O) groups excluding carboxylic acids is 1. The molecule has 2 heterocycles. The van der Waals surface area contributed by atoms with Crippen LogP contribution >= 0.6 is 0 Å². The molecule has 116 valence electrons. The van der Waals surface area contributed by atoms with Gasteiger partial charge in [0.25, 0.3) is 5.91 Å². The summed E-state index contributed by atoms with van der Waals surface area (Å²) in [4.78, 5) is 15.0. The highest BCUT2D eigenvalue weighted by atomic mass is 16.2. The van der Waals surface area contributed by atoms with E-state index in [0.29, 0.717) is 18.5 Å². The van der Waals surface area contributed by atoms with Crippen LogP contribution in [0.3, 0.4) is 0 Å². The third-order valence-corrected chi connectivity index (χ3v) is 5.24. The van der Waals surface area contributed by atoms with Crippen molar-refractivity contribution in [2.45, 2.75) is 58.5 Å². The average Bonchev–Trinajstić information content (AvgIpc) is 3.24. The number of nitrogens with two attached hydrogens (primary N) is 1. The summed E-state index contributed by atoms with van der Waals surface area (Å²) in [6.07, 6.45) is 4.75. The van der Waals surface area contributed by atoms with Crippen LogP contribution < -0.4 is 5.73 Å². The van der Waals surface area contributed by atoms with Gasteiger partial charge >= 0.3 is 0 Å². The molecule has 1 aromatic heterocycles. The summed E-state index contributed by atoms with van der Waals surface area (Å²) in [5.74, 6) is 0.677. The molecule has 3 rings (SSSR count). The van der Waals surface area contributed by atoms with Crippen molar-refractivity contribution in [1.29, 1.82) is 0 Å². The minimum absolute atomic E-state index is 0.178. The summed E-state index contributed by atoms with van der Waals surface area (Å²) in [6, 6.07) is 2.88. The molecule has 2 N–H and O–H groups in total. The Morgan fingerprint density at radius 2 is 2.05 bits per heavy atom. The first kappa shape index (κ1) is 14.6. The van der Waals surface area contributed by atoms with Crippen molar-refractivity contribution in [2.24, 2.45) is 11.7 Å². The van der Waals surface area contributed by atoms with Gasteiger partial charge in [0.05, 0.1) is 5.56 Å². The predicted octanol–water partition coefficient (Wildman–Crippen LogP) is 2.64. The van der Waals surface area contributed by atoms with E-state index in [9.17, 15) is 4.79 Å². The van der Waals surface area contributed by atoms with Crippen molar-refractivity contribution in [3.05, 3.63) is 23.0 Å². The first-order valence-corrected chi connectivity index (χ1v) is 8.24. The van der Waals surface area contributed by atoms with Crippen molar-refractivity contribution >= 4 is 5.91 Å². The Bertz CT molecular complexity index is 544. The molecular weight excluding hydrogens is 262 g/mol. The van der Waals surface area contributed by atoms with Gasteiger partial charge in [-0.1, -0.05) is 6.92 Å². The number of amides is 1. The van der Waals surface area contributed by atoms with Gasteiger partial charge in [0.15, 0.2) is 0 Å². The fraction of sp³-hybridized carbons (Fsp3) is 0.706. The van der Waals surface area contributed by atoms with Crippen molar-refractivity contribution in [3.8, 4) is 0 Å². The molecule has 1 saturated heterocycles. The molecule has 0 aromatic carbocycles. The third kappa shape index (κ3) is 2.50. The van der Waals surface area contributed by atoms with Gasteiger partial charge in [-0.25, -0.2) is 0 Å². The number of likely N-dealkylation sites (tertiary alicyclic amines) is 1. The van der Waals surface area contributed by atoms with Crippen molar-refractivity contribution in [1.82, 2.24) is 9.47 Å². The van der Waals surface area contributed by atoms with Gasteiger partial charge in [-0.2, -0.15) is 0 Å². The molecule has 0 spiro atoms. The Hall–Kier alpha value is -1.29. The molecule has 2 unspecified atom stereocenters. The zero-order valence-electron chi connectivity index (χ0n) is 13.4. The first-order chi connectivity index (χ1) is 10.0. The largest absolute Gasteiger partial charge is 0.345 e. The third-order valence-electron chi connectivity index (χ3n) is 5.24. The van der Waals surface area contributed by atoms with E-state index in [1.54, 1.807) is 0 Å². The Morgan fingerprint density at radius 1 is 1.33 bits per heavy atom. The minimum Gasteiger partial charge on any atom is -0.345 e. The molecule has 4 nitrogen and oxygen atoms in total. The summed E-state index contributed by atoms with van der Waals surface area (Å²) >= 11 is 0. The van der Waals surface area contributed by atoms with E-state index in [1.807, 2.05) is 4.90 Å². The quantitative estimate of drug-likeness (QED) is 0.930. The maximum absolute atomic E-state index is 13.0. The number of hydrogen-bond donors (Lipinski definition) is 1. The average molecular weight is 289 g/mol. The second-order valence-corrected chi connectivity index (χ2v) is 6.81. The van der Waals surface area contributed by atoms with E-state index in [-0.39, 0.29) is 11.9 Å². The minimum atomic E-state index is 0.178. The lowest BCUT2D eigenvalue weighted by atomic mass is 9.90. The number of rotatable bonds is 3. The summed E-state index contributed by atoms with van der Waals surface area (Å²) in [5.41, 5.74) is 9.16. The monoisotopic (exact) mass is 289 g/mol. The number of carbonyl (C=O) groups is 1. The molecular formula is C17H27N3O. The number of aryl methyl sites for hydroxylation is 1. The van der Waals surface area contributed by atoms with Crippen LogP contribution in [0.25, 0.3) is 0 Å². The standard InChI is InChI=1S/C17H27N3O/c1-11-5-4-8-19(16(11)10-18)17(21)15-9-12(2)20(13(15)3)14-6-7-14/h9,11,14,16H,4-8,10,18H2,1-3H3. The van der Waals surface area contributed by atoms with E-state index in [1.165, 1.54) is 25.0 Å². The molecule has 2 atom stereocenters. The van der Waals surface area contributed by atoms with Crippen LogP contribution in [0.2, 0.25) is 0 Å². The summed E-state index contributed by atoms with van der Waals surface area (Å²) in [6.45, 7) is 7.82. The molecule has 1 aromatic rings. The molecule has 4 heteroatoms. The second kappa shape index (κ2) is 5.48. The van der Waals surface area contributed by atoms with Crippen LogP contribution in [0.15, 0.2) is 6.07 Å². The smallest absolute Gasteiger partial charge is 0.255 e. The summed E-state index contributed by atoms with van der Waals surface area (Å²) < 4.78 is 2.35. The lowest BCUT2D eigenvalue weighted by molar-refractivity contribution is 0.0531. The number of hydrogen-bond acceptors (Lipinski definition) is 2. The summed E-state index contributed by atoms with van der Waals surface area (Å²) in [7, 11) is 0. The maximum Gasteiger partial charge on any atom is 0.255 e. The van der Waals surface area contributed by atoms with Crippen molar-refractivity contribution in [3.63, 3.8) is 0 Å². The Labute approximate surface area is 127 Å². The molecule has 0 bridgehead atoms. The normalized spacial score (nSPS) is 26.2. The predicted molar refractivity (Wildman–Crippen MR) is 84.5 cm³/mol. The number of aromatic nitrogens is 1. The topological polar surface area (TPSA) is 51.3 Å². The van der Waals surface area contributed by atoms with Crippen LogP contribution in [-0.4, -0.2) is 34.5 Å². The van der Waals surface area contributed by atoms with Crippen LogP contribution in [0.4, 0.5) is 0 Å². The van der Waals surface area contributed by atoms with Gasteiger partial charge < -0.3 is 15.2 Å². The van der Waals surface area contributed by atoms with Gasteiger partial charge in [-0.3, -0.25) is 4.79 Å². The Balaban J connectivity index is 1.89. The lowest BCUT2D eigenvalue weighted by Gasteiger charge is -2.39. The molecule has 2 aliphatic rings.